The van der Waals surface area contributed by atoms with Crippen LogP contribution in [0, 0.1) is 17.6 Å². The van der Waals surface area contributed by atoms with E-state index in [0.717, 1.165) is 11.3 Å². The Bertz CT molecular complexity index is 1180. The normalized spacial score (nSPS) is 14.1. The molecule has 11 heteroatoms. The number of carbonyl (C=O) groups is 3. The molecule has 0 saturated carbocycles. The number of aromatic nitrogens is 2. The molecule has 2 heterocycles. The van der Waals surface area contributed by atoms with Crippen molar-refractivity contribution in [2.24, 2.45) is 5.92 Å². The molecule has 0 spiro atoms. The number of carbonyl (C=O) groups excluding carboxylic acids is 3. The van der Waals surface area contributed by atoms with Gasteiger partial charge in [0.2, 0.25) is 15.9 Å². The van der Waals surface area contributed by atoms with E-state index in [2.05, 4.69) is 20.8 Å². The number of anilines is 2. The van der Waals surface area contributed by atoms with Crippen LogP contribution in [0.3, 0.4) is 0 Å². The summed E-state index contributed by atoms with van der Waals surface area (Å²) in [4.78, 5) is 39.1. The van der Waals surface area contributed by atoms with E-state index >= 15 is 0 Å². The van der Waals surface area contributed by atoms with Crippen molar-refractivity contribution in [2.45, 2.75) is 12.8 Å². The van der Waals surface area contributed by atoms with E-state index < -0.39 is 17.5 Å². The van der Waals surface area contributed by atoms with Crippen molar-refractivity contribution in [3.8, 4) is 0 Å². The molecule has 0 aliphatic carbocycles. The molecule has 33 heavy (non-hydrogen) atoms. The average molecular weight is 471 g/mol. The number of nitrogens with zero attached hydrogens (tertiary/aromatic N) is 3. The van der Waals surface area contributed by atoms with Gasteiger partial charge >= 0.3 is 0 Å². The van der Waals surface area contributed by atoms with Crippen LogP contribution in [-0.2, 0) is 4.79 Å². The molecule has 1 saturated heterocycles. The highest BCUT2D eigenvalue weighted by Crippen LogP contribution is 2.23. The fourth-order valence-corrected chi connectivity index (χ4v) is 4.10. The van der Waals surface area contributed by atoms with Crippen LogP contribution in [0.15, 0.2) is 48.5 Å². The van der Waals surface area contributed by atoms with Gasteiger partial charge in [0.15, 0.2) is 0 Å². The first-order valence-corrected chi connectivity index (χ1v) is 11.0. The lowest BCUT2D eigenvalue weighted by Gasteiger charge is -2.30. The van der Waals surface area contributed by atoms with E-state index in [1.807, 2.05) is 0 Å². The standard InChI is InChI=1S/C22H19F2N5O3S/c23-14-5-7-15(8-6-14)25-19(31)20-27-28-21(33-20)22(32)29-11-9-13(10-12-29)18(30)26-17-4-2-1-3-16(17)24/h1-8,13H,9-12H2,(H,25,31)(H,26,30). The monoisotopic (exact) mass is 471 g/mol. The zero-order valence-corrected chi connectivity index (χ0v) is 18.1. The fraction of sp³-hybridized carbons (Fsp3) is 0.227. The Hall–Kier alpha value is -3.73. The summed E-state index contributed by atoms with van der Waals surface area (Å²) in [5.41, 5.74) is 0.515. The SMILES string of the molecule is O=C(Nc1ccc(F)cc1)c1nnc(C(=O)N2CCC(C(=O)Nc3ccccc3F)CC2)s1. The van der Waals surface area contributed by atoms with Crippen LogP contribution < -0.4 is 10.6 Å². The van der Waals surface area contributed by atoms with Crippen molar-refractivity contribution in [3.63, 3.8) is 0 Å². The molecule has 1 aromatic heterocycles. The lowest BCUT2D eigenvalue weighted by molar-refractivity contribution is -0.121. The summed E-state index contributed by atoms with van der Waals surface area (Å²) in [6, 6.07) is 11.2. The van der Waals surface area contributed by atoms with Crippen LogP contribution in [0.5, 0.6) is 0 Å². The maximum Gasteiger partial charge on any atom is 0.286 e. The molecule has 8 nitrogen and oxygen atoms in total. The second kappa shape index (κ2) is 9.82. The Morgan fingerprint density at radius 2 is 1.58 bits per heavy atom. The Labute approximate surface area is 191 Å². The molecular weight excluding hydrogens is 452 g/mol. The van der Waals surface area contributed by atoms with E-state index in [-0.39, 0.29) is 33.4 Å². The van der Waals surface area contributed by atoms with Gasteiger partial charge in [-0.1, -0.05) is 23.5 Å². The number of halogens is 2. The third-order valence-electron chi connectivity index (χ3n) is 5.19. The number of hydrogen-bond donors (Lipinski definition) is 2. The highest BCUT2D eigenvalue weighted by atomic mass is 32.1. The molecule has 0 bridgehead atoms. The van der Waals surface area contributed by atoms with Crippen molar-refractivity contribution in [1.29, 1.82) is 0 Å². The summed E-state index contributed by atoms with van der Waals surface area (Å²) in [6.07, 6.45) is 0.839. The summed E-state index contributed by atoms with van der Waals surface area (Å²) in [5, 5.41) is 12.8. The van der Waals surface area contributed by atoms with E-state index in [9.17, 15) is 23.2 Å². The molecule has 4 rings (SSSR count). The zero-order valence-electron chi connectivity index (χ0n) is 17.3. The number of rotatable bonds is 5. The van der Waals surface area contributed by atoms with E-state index in [4.69, 9.17) is 0 Å². The molecule has 3 amide bonds. The minimum atomic E-state index is -0.554. The van der Waals surface area contributed by atoms with Crippen LogP contribution in [0.1, 0.15) is 32.4 Å². The van der Waals surface area contributed by atoms with Gasteiger partial charge in [0.05, 0.1) is 5.69 Å². The van der Waals surface area contributed by atoms with Gasteiger partial charge in [-0.05, 0) is 49.2 Å². The zero-order chi connectivity index (χ0) is 23.4. The fourth-order valence-electron chi connectivity index (χ4n) is 3.40. The third-order valence-corrected chi connectivity index (χ3v) is 6.10. The van der Waals surface area contributed by atoms with Crippen molar-refractivity contribution in [2.75, 3.05) is 23.7 Å². The summed E-state index contributed by atoms with van der Waals surface area (Å²) < 4.78 is 26.7. The summed E-state index contributed by atoms with van der Waals surface area (Å²) in [5.74, 6) is -2.50. The quantitative estimate of drug-likeness (QED) is 0.592. The topological polar surface area (TPSA) is 104 Å². The van der Waals surface area contributed by atoms with Crippen LogP contribution >= 0.6 is 11.3 Å². The Morgan fingerprint density at radius 1 is 0.909 bits per heavy atom. The van der Waals surface area contributed by atoms with Gasteiger partial charge in [0, 0.05) is 24.7 Å². The summed E-state index contributed by atoms with van der Waals surface area (Å²) in [7, 11) is 0. The van der Waals surface area contributed by atoms with Gasteiger partial charge < -0.3 is 15.5 Å². The van der Waals surface area contributed by atoms with E-state index in [1.165, 1.54) is 36.4 Å². The van der Waals surface area contributed by atoms with Crippen LogP contribution in [0.25, 0.3) is 0 Å². The highest BCUT2D eigenvalue weighted by molar-refractivity contribution is 7.15. The summed E-state index contributed by atoms with van der Waals surface area (Å²) >= 11 is 0.855. The molecule has 1 aliphatic heterocycles. The van der Waals surface area contributed by atoms with Crippen molar-refractivity contribution >= 4 is 40.4 Å². The van der Waals surface area contributed by atoms with Crippen LogP contribution in [-0.4, -0.2) is 45.9 Å². The molecular formula is C22H19F2N5O3S. The molecule has 0 unspecified atom stereocenters. The molecule has 0 atom stereocenters. The van der Waals surface area contributed by atoms with Crippen molar-refractivity contribution < 1.29 is 23.2 Å². The number of nitrogens with one attached hydrogen (secondary N) is 2. The molecule has 170 valence electrons. The Kier molecular flexibility index (Phi) is 6.68. The minimum Gasteiger partial charge on any atom is -0.336 e. The first-order valence-electron chi connectivity index (χ1n) is 10.2. The Morgan fingerprint density at radius 3 is 2.27 bits per heavy atom. The lowest BCUT2D eigenvalue weighted by atomic mass is 9.95. The van der Waals surface area contributed by atoms with Crippen LogP contribution in [0.4, 0.5) is 20.2 Å². The molecule has 2 aromatic carbocycles. The van der Waals surface area contributed by atoms with E-state index in [0.29, 0.717) is 31.6 Å². The first kappa shape index (κ1) is 22.5. The second-order valence-corrected chi connectivity index (χ2v) is 8.39. The molecule has 3 aromatic rings. The molecule has 1 fully saturated rings. The van der Waals surface area contributed by atoms with Gasteiger partial charge in [-0.2, -0.15) is 0 Å². The predicted molar refractivity (Wildman–Crippen MR) is 118 cm³/mol. The highest BCUT2D eigenvalue weighted by Gasteiger charge is 2.30. The first-order chi connectivity index (χ1) is 15.9. The van der Waals surface area contributed by atoms with Gasteiger partial charge in [-0.15, -0.1) is 10.2 Å². The second-order valence-electron chi connectivity index (χ2n) is 7.41. The molecule has 0 radical (unpaired) electrons. The van der Waals surface area contributed by atoms with Gasteiger partial charge in [0.25, 0.3) is 11.8 Å². The maximum atomic E-state index is 13.7. The third kappa shape index (κ3) is 5.37. The molecule has 2 N–H and O–H groups in total. The van der Waals surface area contributed by atoms with E-state index in [1.54, 1.807) is 17.0 Å². The predicted octanol–water partition coefficient (Wildman–Crippen LogP) is 3.56. The van der Waals surface area contributed by atoms with Crippen molar-refractivity contribution in [3.05, 3.63) is 70.2 Å². The Balaban J connectivity index is 1.31. The number of benzene rings is 2. The number of para-hydroxylation sites is 1. The largest absolute Gasteiger partial charge is 0.336 e. The maximum absolute atomic E-state index is 13.7. The summed E-state index contributed by atoms with van der Waals surface area (Å²) in [6.45, 7) is 0.649. The molecule has 1 aliphatic rings. The number of amides is 3. The number of piperidine rings is 1. The minimum absolute atomic E-state index is 0.00169. The smallest absolute Gasteiger partial charge is 0.286 e. The lowest BCUT2D eigenvalue weighted by Crippen LogP contribution is -2.41. The number of likely N-dealkylation sites (tertiary alicyclic amines) is 1. The number of hydrogen-bond acceptors (Lipinski definition) is 6. The van der Waals surface area contributed by atoms with Gasteiger partial charge in [0.1, 0.15) is 11.6 Å². The van der Waals surface area contributed by atoms with Crippen molar-refractivity contribution in [1.82, 2.24) is 15.1 Å². The van der Waals surface area contributed by atoms with Gasteiger partial charge in [-0.25, -0.2) is 8.78 Å². The average Bonchev–Trinajstić information content (AvgIpc) is 3.32. The van der Waals surface area contributed by atoms with Gasteiger partial charge in [-0.3, -0.25) is 14.4 Å². The van der Waals surface area contributed by atoms with Crippen LogP contribution in [0.2, 0.25) is 0 Å².